The maximum absolute atomic E-state index is 11.3. The molecule has 0 unspecified atom stereocenters. The Hall–Kier alpha value is -2.34. The van der Waals surface area contributed by atoms with Crippen LogP contribution in [0.3, 0.4) is 0 Å². The number of aromatic nitrogens is 2. The van der Waals surface area contributed by atoms with Gasteiger partial charge in [0, 0.05) is 18.8 Å². The number of hydrogen-bond acceptors (Lipinski definition) is 5. The van der Waals surface area contributed by atoms with Gasteiger partial charge in [0.05, 0.1) is 12.4 Å². The van der Waals surface area contributed by atoms with Crippen molar-refractivity contribution in [3.05, 3.63) is 51.4 Å². The third-order valence-corrected chi connectivity index (χ3v) is 3.81. The molecule has 0 amide bonds. The molecule has 24 heavy (non-hydrogen) atoms. The van der Waals surface area contributed by atoms with Crippen LogP contribution in [-0.4, -0.2) is 29.5 Å². The van der Waals surface area contributed by atoms with Gasteiger partial charge in [0.1, 0.15) is 10.7 Å². The fraction of sp³-hybridized carbons (Fsp3) is 0.353. The molecule has 7 heteroatoms. The summed E-state index contributed by atoms with van der Waals surface area (Å²) in [6.45, 7) is 6.47. The molecule has 0 atom stereocenters. The molecule has 2 aromatic rings. The maximum atomic E-state index is 11.3. The van der Waals surface area contributed by atoms with Crippen LogP contribution in [0.25, 0.3) is 0 Å². The highest BCUT2D eigenvalue weighted by Gasteiger charge is 2.04. The van der Waals surface area contributed by atoms with E-state index in [1.54, 1.807) is 6.21 Å². The Morgan fingerprint density at radius 1 is 1.25 bits per heavy atom. The lowest BCUT2D eigenvalue weighted by Crippen LogP contribution is -2.24. The van der Waals surface area contributed by atoms with Crippen LogP contribution in [0.4, 0.5) is 11.4 Å². The molecule has 0 saturated carbocycles. The van der Waals surface area contributed by atoms with Gasteiger partial charge in [-0.1, -0.05) is 37.6 Å². The van der Waals surface area contributed by atoms with Crippen LogP contribution in [0.15, 0.2) is 40.4 Å². The van der Waals surface area contributed by atoms with Gasteiger partial charge in [-0.05, 0) is 30.5 Å². The van der Waals surface area contributed by atoms with Crippen molar-refractivity contribution < 1.29 is 0 Å². The molecule has 1 aromatic carbocycles. The number of anilines is 2. The van der Waals surface area contributed by atoms with Crippen LogP contribution >= 0.6 is 11.6 Å². The van der Waals surface area contributed by atoms with Crippen molar-refractivity contribution in [1.82, 2.24) is 10.2 Å². The normalized spacial score (nSPS) is 11.0. The summed E-state index contributed by atoms with van der Waals surface area (Å²) in [6.07, 6.45) is 5.33. The molecular formula is C17H22ClN5O. The minimum atomic E-state index is -0.451. The second-order valence-electron chi connectivity index (χ2n) is 5.38. The molecule has 0 bridgehead atoms. The van der Waals surface area contributed by atoms with Gasteiger partial charge in [-0.25, -0.2) is 5.10 Å². The summed E-state index contributed by atoms with van der Waals surface area (Å²) >= 11 is 5.86. The number of hydrogen-bond donors (Lipinski definition) is 2. The molecule has 0 aliphatic rings. The molecule has 0 spiro atoms. The topological polar surface area (TPSA) is 73.4 Å². The van der Waals surface area contributed by atoms with Crippen LogP contribution in [0, 0.1) is 0 Å². The highest BCUT2D eigenvalue weighted by molar-refractivity contribution is 6.32. The Morgan fingerprint density at radius 2 is 1.92 bits per heavy atom. The average Bonchev–Trinajstić information content (AvgIpc) is 2.59. The van der Waals surface area contributed by atoms with Crippen molar-refractivity contribution in [2.24, 2.45) is 5.10 Å². The average molecular weight is 348 g/mol. The predicted octanol–water partition coefficient (Wildman–Crippen LogP) is 3.50. The fourth-order valence-electron chi connectivity index (χ4n) is 2.32. The van der Waals surface area contributed by atoms with E-state index in [4.69, 9.17) is 11.6 Å². The molecule has 2 rings (SSSR count). The van der Waals surface area contributed by atoms with Crippen molar-refractivity contribution in [2.75, 3.05) is 23.4 Å². The molecule has 1 aromatic heterocycles. The van der Waals surface area contributed by atoms with Crippen LogP contribution in [0.5, 0.6) is 0 Å². The zero-order valence-corrected chi connectivity index (χ0v) is 14.7. The summed E-state index contributed by atoms with van der Waals surface area (Å²) in [5.41, 5.74) is 4.81. The van der Waals surface area contributed by atoms with E-state index in [1.165, 1.54) is 11.9 Å². The van der Waals surface area contributed by atoms with E-state index in [9.17, 15) is 4.79 Å². The van der Waals surface area contributed by atoms with Crippen molar-refractivity contribution >= 4 is 29.2 Å². The smallest absolute Gasteiger partial charge is 0.285 e. The number of nitrogens with one attached hydrogen (secondary N) is 2. The van der Waals surface area contributed by atoms with E-state index in [0.29, 0.717) is 5.69 Å². The maximum Gasteiger partial charge on any atom is 0.285 e. The quantitative estimate of drug-likeness (QED) is 0.566. The van der Waals surface area contributed by atoms with E-state index in [1.807, 2.05) is 12.1 Å². The Balaban J connectivity index is 2.03. The minimum absolute atomic E-state index is 0.0345. The van der Waals surface area contributed by atoms with Crippen molar-refractivity contribution in [3.8, 4) is 0 Å². The van der Waals surface area contributed by atoms with Crippen molar-refractivity contribution in [3.63, 3.8) is 0 Å². The van der Waals surface area contributed by atoms with Crippen molar-refractivity contribution in [1.29, 1.82) is 0 Å². The number of rotatable bonds is 8. The van der Waals surface area contributed by atoms with E-state index < -0.39 is 5.56 Å². The summed E-state index contributed by atoms with van der Waals surface area (Å²) in [4.78, 5) is 13.7. The summed E-state index contributed by atoms with van der Waals surface area (Å²) < 4.78 is 0. The molecule has 0 radical (unpaired) electrons. The van der Waals surface area contributed by atoms with Crippen LogP contribution < -0.4 is 15.9 Å². The van der Waals surface area contributed by atoms with Crippen LogP contribution in [-0.2, 0) is 0 Å². The monoisotopic (exact) mass is 347 g/mol. The first kappa shape index (κ1) is 18.0. The van der Waals surface area contributed by atoms with E-state index >= 15 is 0 Å². The molecule has 6 nitrogen and oxygen atoms in total. The number of aromatic amines is 1. The molecule has 0 fully saturated rings. The first-order chi connectivity index (χ1) is 11.7. The third-order valence-electron chi connectivity index (χ3n) is 3.44. The van der Waals surface area contributed by atoms with E-state index in [0.717, 1.165) is 31.5 Å². The third kappa shape index (κ3) is 4.83. The second kappa shape index (κ2) is 9.08. The lowest BCUT2D eigenvalue weighted by atomic mass is 10.2. The lowest BCUT2D eigenvalue weighted by Gasteiger charge is -2.23. The van der Waals surface area contributed by atoms with E-state index in [-0.39, 0.29) is 5.02 Å². The molecule has 0 aliphatic heterocycles. The number of nitrogens with zero attached hydrogens (tertiary/aromatic N) is 3. The van der Waals surface area contributed by atoms with Gasteiger partial charge in [0.25, 0.3) is 5.56 Å². The first-order valence-electron chi connectivity index (χ1n) is 8.03. The van der Waals surface area contributed by atoms with Gasteiger partial charge in [0.2, 0.25) is 0 Å². The number of halogens is 1. The fourth-order valence-corrected chi connectivity index (χ4v) is 2.45. The highest BCUT2D eigenvalue weighted by atomic mass is 35.5. The zero-order valence-electron chi connectivity index (χ0n) is 13.9. The van der Waals surface area contributed by atoms with Crippen molar-refractivity contribution in [2.45, 2.75) is 26.7 Å². The molecule has 0 aliphatic carbocycles. The zero-order chi connectivity index (χ0) is 17.4. The molecule has 128 valence electrons. The molecular weight excluding hydrogens is 326 g/mol. The summed E-state index contributed by atoms with van der Waals surface area (Å²) in [7, 11) is 0. The molecule has 2 N–H and O–H groups in total. The van der Waals surface area contributed by atoms with Gasteiger partial charge in [-0.2, -0.15) is 10.2 Å². The van der Waals surface area contributed by atoms with Gasteiger partial charge in [-0.15, -0.1) is 0 Å². The standard InChI is InChI=1S/C17H22ClN5O/c1-3-9-23(10-4-2)14-7-5-13(6-8-14)11-19-21-15-12-20-22-17(24)16(15)18/h5-8,11-12H,3-4,9-10H2,1-2H3,(H2,21,22,24)/b19-11-. The minimum Gasteiger partial charge on any atom is -0.372 e. The molecule has 1 heterocycles. The Bertz CT molecular complexity index is 721. The highest BCUT2D eigenvalue weighted by Crippen LogP contribution is 2.16. The summed E-state index contributed by atoms with van der Waals surface area (Å²) in [5.74, 6) is 0. The summed E-state index contributed by atoms with van der Waals surface area (Å²) in [6, 6.07) is 8.20. The summed E-state index contributed by atoms with van der Waals surface area (Å²) in [5, 5.41) is 10.1. The van der Waals surface area contributed by atoms with Gasteiger partial charge in [-0.3, -0.25) is 10.2 Å². The largest absolute Gasteiger partial charge is 0.372 e. The number of hydrazone groups is 1. The number of H-pyrrole nitrogens is 1. The Morgan fingerprint density at radius 3 is 2.54 bits per heavy atom. The first-order valence-corrected chi connectivity index (χ1v) is 8.40. The molecule has 0 saturated heterocycles. The van der Waals surface area contributed by atoms with Gasteiger partial charge >= 0.3 is 0 Å². The SMILES string of the molecule is CCCN(CCC)c1ccc(/C=N\Nc2cn[nH]c(=O)c2Cl)cc1. The predicted molar refractivity (Wildman–Crippen MR) is 100 cm³/mol. The second-order valence-corrected chi connectivity index (χ2v) is 5.75. The lowest BCUT2D eigenvalue weighted by molar-refractivity contribution is 0.745. The number of benzene rings is 1. The Kier molecular flexibility index (Phi) is 6.81. The van der Waals surface area contributed by atoms with Crippen LogP contribution in [0.2, 0.25) is 5.02 Å². The van der Waals surface area contributed by atoms with E-state index in [2.05, 4.69) is 51.6 Å². The van der Waals surface area contributed by atoms with Crippen LogP contribution in [0.1, 0.15) is 32.3 Å². The van der Waals surface area contributed by atoms with Gasteiger partial charge < -0.3 is 4.90 Å². The van der Waals surface area contributed by atoms with Gasteiger partial charge in [0.15, 0.2) is 0 Å². The Labute approximate surface area is 146 Å².